The van der Waals surface area contributed by atoms with Gasteiger partial charge in [-0.15, -0.1) is 24.8 Å². The Hall–Kier alpha value is -0.510. The molecular formula is C10H15Cl2FN2. The molecule has 0 radical (unpaired) electrons. The average Bonchev–Trinajstić information content (AvgIpc) is 2.62. The Morgan fingerprint density at radius 2 is 1.87 bits per heavy atom. The largest absolute Gasteiger partial charge is 0.381 e. The number of benzene rings is 1. The fourth-order valence-corrected chi connectivity index (χ4v) is 1.56. The molecule has 1 aliphatic rings. The first kappa shape index (κ1) is 14.5. The van der Waals surface area contributed by atoms with Crippen molar-refractivity contribution in [2.75, 3.05) is 18.4 Å². The van der Waals surface area contributed by atoms with Gasteiger partial charge in [0.15, 0.2) is 0 Å². The van der Waals surface area contributed by atoms with Crippen LogP contribution in [-0.4, -0.2) is 19.1 Å². The highest BCUT2D eigenvalue weighted by atomic mass is 35.5. The first-order valence-corrected chi connectivity index (χ1v) is 4.57. The van der Waals surface area contributed by atoms with Crippen molar-refractivity contribution in [3.63, 3.8) is 0 Å². The molecule has 2 N–H and O–H groups in total. The summed E-state index contributed by atoms with van der Waals surface area (Å²) >= 11 is 0. The summed E-state index contributed by atoms with van der Waals surface area (Å²) in [5.74, 6) is -0.185. The van der Waals surface area contributed by atoms with Crippen LogP contribution in [0.4, 0.5) is 10.1 Å². The van der Waals surface area contributed by atoms with Gasteiger partial charge in [0.05, 0.1) is 0 Å². The van der Waals surface area contributed by atoms with E-state index >= 15 is 0 Å². The molecule has 0 saturated carbocycles. The third-order valence-electron chi connectivity index (χ3n) is 2.28. The minimum absolute atomic E-state index is 0. The Morgan fingerprint density at radius 1 is 1.20 bits per heavy atom. The van der Waals surface area contributed by atoms with Crippen molar-refractivity contribution >= 4 is 30.5 Å². The first-order chi connectivity index (χ1) is 6.34. The van der Waals surface area contributed by atoms with Crippen molar-refractivity contribution < 1.29 is 4.39 Å². The van der Waals surface area contributed by atoms with E-state index in [4.69, 9.17) is 0 Å². The monoisotopic (exact) mass is 252 g/mol. The van der Waals surface area contributed by atoms with Gasteiger partial charge >= 0.3 is 0 Å². The predicted molar refractivity (Wildman–Crippen MR) is 65.8 cm³/mol. The zero-order valence-corrected chi connectivity index (χ0v) is 9.84. The van der Waals surface area contributed by atoms with Crippen LogP contribution in [0.25, 0.3) is 0 Å². The summed E-state index contributed by atoms with van der Waals surface area (Å²) in [5, 5.41) is 6.61. The fraction of sp³-hybridized carbons (Fsp3) is 0.400. The molecule has 1 saturated heterocycles. The maximum atomic E-state index is 12.6. The zero-order valence-electron chi connectivity index (χ0n) is 8.20. The van der Waals surface area contributed by atoms with Crippen molar-refractivity contribution in [2.45, 2.75) is 12.5 Å². The van der Waals surface area contributed by atoms with Gasteiger partial charge in [-0.25, -0.2) is 4.39 Å². The molecule has 1 unspecified atom stereocenters. The van der Waals surface area contributed by atoms with E-state index in [9.17, 15) is 4.39 Å². The van der Waals surface area contributed by atoms with Gasteiger partial charge in [0, 0.05) is 18.3 Å². The van der Waals surface area contributed by atoms with E-state index in [2.05, 4.69) is 10.6 Å². The number of hydrogen-bond acceptors (Lipinski definition) is 2. The smallest absolute Gasteiger partial charge is 0.123 e. The number of anilines is 1. The lowest BCUT2D eigenvalue weighted by Crippen LogP contribution is -2.21. The lowest BCUT2D eigenvalue weighted by molar-refractivity contribution is 0.628. The van der Waals surface area contributed by atoms with E-state index < -0.39 is 0 Å². The van der Waals surface area contributed by atoms with Gasteiger partial charge in [0.25, 0.3) is 0 Å². The average molecular weight is 253 g/mol. The van der Waals surface area contributed by atoms with Crippen LogP contribution in [0.3, 0.4) is 0 Å². The van der Waals surface area contributed by atoms with Crippen LogP contribution in [0, 0.1) is 5.82 Å². The van der Waals surface area contributed by atoms with E-state index in [-0.39, 0.29) is 30.6 Å². The molecule has 1 heterocycles. The molecule has 5 heteroatoms. The Bertz CT molecular complexity index is 273. The van der Waals surface area contributed by atoms with Crippen LogP contribution in [0.5, 0.6) is 0 Å². The van der Waals surface area contributed by atoms with Gasteiger partial charge < -0.3 is 10.6 Å². The maximum absolute atomic E-state index is 12.6. The highest BCUT2D eigenvalue weighted by molar-refractivity contribution is 5.85. The molecule has 1 atom stereocenters. The Morgan fingerprint density at radius 3 is 2.40 bits per heavy atom. The van der Waals surface area contributed by atoms with E-state index in [0.717, 1.165) is 25.2 Å². The molecule has 0 aliphatic carbocycles. The van der Waals surface area contributed by atoms with E-state index in [0.29, 0.717) is 6.04 Å². The SMILES string of the molecule is Cl.Cl.Fc1ccc(NC2CCNC2)cc1. The summed E-state index contributed by atoms with van der Waals surface area (Å²) < 4.78 is 12.6. The van der Waals surface area contributed by atoms with Crippen molar-refractivity contribution in [2.24, 2.45) is 0 Å². The molecule has 2 nitrogen and oxygen atoms in total. The second-order valence-electron chi connectivity index (χ2n) is 3.34. The molecule has 1 aromatic rings. The third-order valence-corrected chi connectivity index (χ3v) is 2.28. The Kier molecular flexibility index (Phi) is 6.65. The lowest BCUT2D eigenvalue weighted by atomic mass is 10.2. The van der Waals surface area contributed by atoms with Crippen LogP contribution in [0.1, 0.15) is 6.42 Å². The van der Waals surface area contributed by atoms with Crippen LogP contribution in [-0.2, 0) is 0 Å². The van der Waals surface area contributed by atoms with Gasteiger partial charge in [-0.05, 0) is 37.2 Å². The molecule has 15 heavy (non-hydrogen) atoms. The van der Waals surface area contributed by atoms with Crippen molar-refractivity contribution in [3.8, 4) is 0 Å². The van der Waals surface area contributed by atoms with Crippen molar-refractivity contribution in [3.05, 3.63) is 30.1 Å². The number of nitrogens with one attached hydrogen (secondary N) is 2. The van der Waals surface area contributed by atoms with Crippen LogP contribution >= 0.6 is 24.8 Å². The number of hydrogen-bond donors (Lipinski definition) is 2. The predicted octanol–water partition coefficient (Wildman–Crippen LogP) is 2.44. The minimum Gasteiger partial charge on any atom is -0.381 e. The molecular weight excluding hydrogens is 238 g/mol. The number of halogens is 3. The van der Waals surface area contributed by atoms with Crippen molar-refractivity contribution in [1.82, 2.24) is 5.32 Å². The minimum atomic E-state index is -0.185. The molecule has 1 aromatic carbocycles. The number of rotatable bonds is 2. The fourth-order valence-electron chi connectivity index (χ4n) is 1.56. The molecule has 0 bridgehead atoms. The lowest BCUT2D eigenvalue weighted by Gasteiger charge is -2.12. The topological polar surface area (TPSA) is 24.1 Å². The normalized spacial score (nSPS) is 18.9. The van der Waals surface area contributed by atoms with E-state index in [1.54, 1.807) is 12.1 Å². The standard InChI is InChI=1S/C10H13FN2.2ClH/c11-8-1-3-9(4-2-8)13-10-5-6-12-7-10;;/h1-4,10,12-13H,5-7H2;2*1H. The second kappa shape index (κ2) is 6.88. The van der Waals surface area contributed by atoms with Crippen molar-refractivity contribution in [1.29, 1.82) is 0 Å². The molecule has 0 spiro atoms. The molecule has 2 rings (SSSR count). The second-order valence-corrected chi connectivity index (χ2v) is 3.34. The summed E-state index contributed by atoms with van der Waals surface area (Å²) in [6.45, 7) is 2.07. The summed E-state index contributed by atoms with van der Waals surface area (Å²) in [6, 6.07) is 6.99. The Labute approximate surface area is 101 Å². The zero-order chi connectivity index (χ0) is 9.10. The summed E-state index contributed by atoms with van der Waals surface area (Å²) in [5.41, 5.74) is 0.995. The summed E-state index contributed by atoms with van der Waals surface area (Å²) in [7, 11) is 0. The summed E-state index contributed by atoms with van der Waals surface area (Å²) in [4.78, 5) is 0. The molecule has 1 aliphatic heterocycles. The van der Waals surface area contributed by atoms with Gasteiger partial charge in [0.1, 0.15) is 5.82 Å². The van der Waals surface area contributed by atoms with E-state index in [1.807, 2.05) is 0 Å². The Balaban J connectivity index is 0.000000980. The van der Waals surface area contributed by atoms with Crippen LogP contribution in [0.15, 0.2) is 24.3 Å². The van der Waals surface area contributed by atoms with Gasteiger partial charge in [-0.2, -0.15) is 0 Å². The third kappa shape index (κ3) is 4.24. The van der Waals surface area contributed by atoms with E-state index in [1.165, 1.54) is 12.1 Å². The van der Waals surface area contributed by atoms with Gasteiger partial charge in [-0.1, -0.05) is 0 Å². The molecule has 0 aromatic heterocycles. The molecule has 86 valence electrons. The van der Waals surface area contributed by atoms with Crippen LogP contribution in [0.2, 0.25) is 0 Å². The summed E-state index contributed by atoms with van der Waals surface area (Å²) in [6.07, 6.45) is 1.14. The molecule has 1 fully saturated rings. The molecule has 0 amide bonds. The van der Waals surface area contributed by atoms with Gasteiger partial charge in [0.2, 0.25) is 0 Å². The quantitative estimate of drug-likeness (QED) is 0.845. The maximum Gasteiger partial charge on any atom is 0.123 e. The van der Waals surface area contributed by atoms with Crippen LogP contribution < -0.4 is 10.6 Å². The highest BCUT2D eigenvalue weighted by Gasteiger charge is 2.13. The first-order valence-electron chi connectivity index (χ1n) is 4.57. The van der Waals surface area contributed by atoms with Gasteiger partial charge in [-0.3, -0.25) is 0 Å². The highest BCUT2D eigenvalue weighted by Crippen LogP contribution is 2.12.